The Morgan fingerprint density at radius 2 is 1.73 bits per heavy atom. The summed E-state index contributed by atoms with van der Waals surface area (Å²) in [5.41, 5.74) is 6.90. The van der Waals surface area contributed by atoms with Crippen molar-refractivity contribution in [3.63, 3.8) is 0 Å². The van der Waals surface area contributed by atoms with Crippen molar-refractivity contribution in [3.8, 4) is 5.75 Å². The van der Waals surface area contributed by atoms with E-state index in [1.165, 1.54) is 23.1 Å². The summed E-state index contributed by atoms with van der Waals surface area (Å²) in [5, 5.41) is 10.1. The second-order valence-corrected chi connectivity index (χ2v) is 11.9. The van der Waals surface area contributed by atoms with E-state index in [2.05, 4.69) is 32.1 Å². The van der Waals surface area contributed by atoms with Crippen molar-refractivity contribution in [2.45, 2.75) is 104 Å². The SMILES string of the molecule is CCC/C(=C\c1cc(C)c(O)c(C)c1)CC[C@H]1OC[C@H]2C1=C(C)C[C@H]1C(=O)N(C3CCCCC3)C(=O)[C@H]12. The Bertz CT molecular complexity index is 1100. The topological polar surface area (TPSA) is 66.8 Å². The molecule has 0 radical (unpaired) electrons. The first-order valence-electron chi connectivity index (χ1n) is 14.5. The molecule has 0 unspecified atom stereocenters. The van der Waals surface area contributed by atoms with Crippen LogP contribution in [0.25, 0.3) is 6.08 Å². The third kappa shape index (κ3) is 4.92. The molecule has 1 aromatic rings. The molecule has 37 heavy (non-hydrogen) atoms. The van der Waals surface area contributed by atoms with Crippen LogP contribution < -0.4 is 0 Å². The molecule has 1 saturated carbocycles. The summed E-state index contributed by atoms with van der Waals surface area (Å²) < 4.78 is 6.38. The van der Waals surface area contributed by atoms with E-state index in [9.17, 15) is 14.7 Å². The van der Waals surface area contributed by atoms with Gasteiger partial charge >= 0.3 is 0 Å². The Morgan fingerprint density at radius 3 is 2.41 bits per heavy atom. The van der Waals surface area contributed by atoms with Crippen LogP contribution in [-0.2, 0) is 14.3 Å². The molecule has 0 bridgehead atoms. The summed E-state index contributed by atoms with van der Waals surface area (Å²) >= 11 is 0. The number of nitrogens with zero attached hydrogens (tertiary/aromatic N) is 1. The van der Waals surface area contributed by atoms with E-state index < -0.39 is 0 Å². The molecule has 2 aliphatic heterocycles. The van der Waals surface area contributed by atoms with Crippen LogP contribution in [0.4, 0.5) is 0 Å². The van der Waals surface area contributed by atoms with Gasteiger partial charge in [0.15, 0.2) is 0 Å². The van der Waals surface area contributed by atoms with Gasteiger partial charge in [-0.05, 0) is 93.7 Å². The number of hydrogen-bond donors (Lipinski definition) is 1. The lowest BCUT2D eigenvalue weighted by atomic mass is 9.70. The average molecular weight is 506 g/mol. The van der Waals surface area contributed by atoms with E-state index in [1.54, 1.807) is 4.90 Å². The summed E-state index contributed by atoms with van der Waals surface area (Å²) in [7, 11) is 0. The largest absolute Gasteiger partial charge is 0.507 e. The number of fused-ring (bicyclic) bond motifs is 3. The number of amides is 2. The van der Waals surface area contributed by atoms with Crippen molar-refractivity contribution < 1.29 is 19.4 Å². The molecule has 2 amide bonds. The Balaban J connectivity index is 1.31. The van der Waals surface area contributed by atoms with Gasteiger partial charge in [-0.15, -0.1) is 0 Å². The number of rotatable bonds is 7. The maximum Gasteiger partial charge on any atom is 0.234 e. The number of aromatic hydroxyl groups is 1. The number of ether oxygens (including phenoxy) is 1. The third-order valence-electron chi connectivity index (χ3n) is 9.31. The second kappa shape index (κ2) is 10.8. The van der Waals surface area contributed by atoms with Crippen LogP contribution in [0.5, 0.6) is 5.75 Å². The van der Waals surface area contributed by atoms with Gasteiger partial charge in [-0.2, -0.15) is 0 Å². The van der Waals surface area contributed by atoms with Crippen molar-refractivity contribution >= 4 is 17.9 Å². The summed E-state index contributed by atoms with van der Waals surface area (Å²) in [6.07, 6.45) is 12.3. The third-order valence-corrected chi connectivity index (χ3v) is 9.31. The molecule has 200 valence electrons. The molecule has 4 atom stereocenters. The fourth-order valence-corrected chi connectivity index (χ4v) is 7.57. The Labute approximate surface area is 222 Å². The molecule has 2 saturated heterocycles. The van der Waals surface area contributed by atoms with Gasteiger partial charge in [-0.1, -0.05) is 49.8 Å². The summed E-state index contributed by atoms with van der Waals surface area (Å²) in [4.78, 5) is 28.7. The maximum absolute atomic E-state index is 13.6. The van der Waals surface area contributed by atoms with E-state index >= 15 is 0 Å². The molecule has 1 aromatic carbocycles. The van der Waals surface area contributed by atoms with Crippen LogP contribution in [0.15, 0.2) is 28.9 Å². The van der Waals surface area contributed by atoms with Crippen LogP contribution in [0.3, 0.4) is 0 Å². The van der Waals surface area contributed by atoms with Gasteiger partial charge in [-0.3, -0.25) is 14.5 Å². The molecule has 5 heteroatoms. The molecule has 3 fully saturated rings. The highest BCUT2D eigenvalue weighted by Crippen LogP contribution is 2.50. The fourth-order valence-electron chi connectivity index (χ4n) is 7.57. The lowest BCUT2D eigenvalue weighted by Gasteiger charge is -2.31. The van der Waals surface area contributed by atoms with E-state index in [4.69, 9.17) is 4.74 Å². The van der Waals surface area contributed by atoms with Crippen molar-refractivity contribution in [1.29, 1.82) is 0 Å². The van der Waals surface area contributed by atoms with Crippen molar-refractivity contribution in [3.05, 3.63) is 45.5 Å². The molecule has 0 spiro atoms. The molecular formula is C32H43NO4. The zero-order valence-corrected chi connectivity index (χ0v) is 23.0. The highest BCUT2D eigenvalue weighted by Gasteiger charge is 2.57. The van der Waals surface area contributed by atoms with Gasteiger partial charge < -0.3 is 9.84 Å². The van der Waals surface area contributed by atoms with Crippen molar-refractivity contribution in [2.75, 3.05) is 6.61 Å². The monoisotopic (exact) mass is 505 g/mol. The summed E-state index contributed by atoms with van der Waals surface area (Å²) in [6, 6.07) is 4.21. The standard InChI is InChI=1S/C32H43NO4/c1-5-9-22(17-23-14-20(3)30(34)21(4)15-23)12-13-27-28-19(2)16-25-29(26(28)18-37-27)32(36)33(31(25)35)24-10-7-6-8-11-24/h14-15,17,24-27,29,34H,5-13,16,18H2,1-4H3/b22-17+/t25-,26+,27-,29-/m1/s1. The number of allylic oxidation sites excluding steroid dienone is 2. The highest BCUT2D eigenvalue weighted by atomic mass is 16.5. The Hall–Kier alpha value is -2.40. The first kappa shape index (κ1) is 26.2. The van der Waals surface area contributed by atoms with Gasteiger partial charge in [-0.25, -0.2) is 0 Å². The molecule has 2 aliphatic carbocycles. The lowest BCUT2D eigenvalue weighted by molar-refractivity contribution is -0.143. The van der Waals surface area contributed by atoms with Gasteiger partial charge in [0.1, 0.15) is 5.75 Å². The fraction of sp³-hybridized carbons (Fsp3) is 0.625. The molecule has 2 heterocycles. The smallest absolute Gasteiger partial charge is 0.234 e. The van der Waals surface area contributed by atoms with Crippen molar-refractivity contribution in [2.24, 2.45) is 17.8 Å². The number of phenolic OH excluding ortho intramolecular Hbond substituents is 1. The van der Waals surface area contributed by atoms with Gasteiger partial charge in [0.05, 0.1) is 24.5 Å². The normalized spacial score (nSPS) is 28.8. The number of carbonyl (C=O) groups excluding carboxylic acids is 2. The Kier molecular flexibility index (Phi) is 7.63. The van der Waals surface area contributed by atoms with Crippen LogP contribution in [-0.4, -0.2) is 40.6 Å². The first-order valence-corrected chi connectivity index (χ1v) is 14.5. The number of aryl methyl sites for hydroxylation is 2. The molecule has 0 aromatic heterocycles. The van der Waals surface area contributed by atoms with Crippen LogP contribution in [0.1, 0.15) is 94.7 Å². The molecule has 4 aliphatic rings. The summed E-state index contributed by atoms with van der Waals surface area (Å²) in [5.74, 6) is 0.158. The molecule has 1 N–H and O–H groups in total. The quantitative estimate of drug-likeness (QED) is 0.333. The Morgan fingerprint density at radius 1 is 1.03 bits per heavy atom. The predicted molar refractivity (Wildman–Crippen MR) is 146 cm³/mol. The predicted octanol–water partition coefficient (Wildman–Crippen LogP) is 6.64. The highest BCUT2D eigenvalue weighted by molar-refractivity contribution is 6.06. The zero-order chi connectivity index (χ0) is 26.3. The van der Waals surface area contributed by atoms with E-state index in [0.29, 0.717) is 18.8 Å². The van der Waals surface area contributed by atoms with E-state index in [0.717, 1.165) is 68.1 Å². The average Bonchev–Trinajstić information content (AvgIpc) is 3.40. The number of benzene rings is 1. The van der Waals surface area contributed by atoms with Gasteiger partial charge in [0.25, 0.3) is 0 Å². The van der Waals surface area contributed by atoms with Crippen molar-refractivity contribution in [1.82, 2.24) is 4.90 Å². The minimum atomic E-state index is -0.230. The second-order valence-electron chi connectivity index (χ2n) is 11.9. The maximum atomic E-state index is 13.6. The minimum absolute atomic E-state index is 0.0288. The van der Waals surface area contributed by atoms with E-state index in [1.807, 2.05) is 13.8 Å². The number of phenols is 1. The molecule has 5 nitrogen and oxygen atoms in total. The van der Waals surface area contributed by atoms with Gasteiger partial charge in [0.2, 0.25) is 11.8 Å². The summed E-state index contributed by atoms with van der Waals surface area (Å²) in [6.45, 7) is 8.81. The molecular weight excluding hydrogens is 462 g/mol. The number of carbonyl (C=O) groups is 2. The molecule has 5 rings (SSSR count). The first-order chi connectivity index (χ1) is 17.8. The number of imide groups is 1. The van der Waals surface area contributed by atoms with E-state index in [-0.39, 0.29) is 41.7 Å². The van der Waals surface area contributed by atoms with Crippen LogP contribution >= 0.6 is 0 Å². The number of hydrogen-bond acceptors (Lipinski definition) is 4. The number of likely N-dealkylation sites (tertiary alicyclic amines) is 1. The lowest BCUT2D eigenvalue weighted by Crippen LogP contribution is -2.42. The van der Waals surface area contributed by atoms with Gasteiger partial charge in [0, 0.05) is 12.0 Å². The van der Waals surface area contributed by atoms with Crippen LogP contribution in [0, 0.1) is 31.6 Å². The van der Waals surface area contributed by atoms with Crippen LogP contribution in [0.2, 0.25) is 0 Å². The zero-order valence-electron chi connectivity index (χ0n) is 23.0. The minimum Gasteiger partial charge on any atom is -0.507 e.